The highest BCUT2D eigenvalue weighted by molar-refractivity contribution is 6.30. The molecule has 0 aliphatic carbocycles. The lowest BCUT2D eigenvalue weighted by Crippen LogP contribution is -2.51. The fourth-order valence-corrected chi connectivity index (χ4v) is 2.94. The summed E-state index contributed by atoms with van der Waals surface area (Å²) < 4.78 is 5.30. The number of hydrogen-bond acceptors (Lipinski definition) is 2. The Morgan fingerprint density at radius 2 is 2.35 bits per heavy atom. The van der Waals surface area contributed by atoms with Crippen molar-refractivity contribution >= 4 is 11.6 Å². The Labute approximate surface area is 108 Å². The molecule has 0 bridgehead atoms. The average molecular weight is 254 g/mol. The standard InChI is InChI=1S/C14H20ClNO/c1-14(10-17-2)9-12(6-7-16-14)11-4-3-5-13(15)8-11/h3-5,8,12,16H,6-7,9-10H2,1-2H3. The minimum absolute atomic E-state index is 0.0833. The van der Waals surface area contributed by atoms with Gasteiger partial charge in [0.2, 0.25) is 0 Å². The summed E-state index contributed by atoms with van der Waals surface area (Å²) in [5.41, 5.74) is 1.43. The number of rotatable bonds is 3. The zero-order valence-electron chi connectivity index (χ0n) is 10.5. The first-order chi connectivity index (χ1) is 8.13. The molecule has 0 aromatic heterocycles. The van der Waals surface area contributed by atoms with E-state index in [0.717, 1.165) is 24.6 Å². The number of halogens is 1. The third-order valence-corrected chi connectivity index (χ3v) is 3.76. The Bertz CT molecular complexity index is 378. The van der Waals surface area contributed by atoms with Crippen molar-refractivity contribution in [2.24, 2.45) is 0 Å². The summed E-state index contributed by atoms with van der Waals surface area (Å²) in [6.45, 7) is 4.02. The van der Waals surface area contributed by atoms with Crippen molar-refractivity contribution in [3.05, 3.63) is 34.9 Å². The highest BCUT2D eigenvalue weighted by Crippen LogP contribution is 2.33. The second-order valence-electron chi connectivity index (χ2n) is 5.17. The van der Waals surface area contributed by atoms with E-state index in [4.69, 9.17) is 16.3 Å². The van der Waals surface area contributed by atoms with Crippen molar-refractivity contribution in [3.63, 3.8) is 0 Å². The minimum atomic E-state index is 0.0833. The fraction of sp³-hybridized carbons (Fsp3) is 0.571. The van der Waals surface area contributed by atoms with Crippen molar-refractivity contribution < 1.29 is 4.74 Å². The van der Waals surface area contributed by atoms with Crippen LogP contribution in [0.15, 0.2) is 24.3 Å². The smallest absolute Gasteiger partial charge is 0.0641 e. The molecule has 2 unspecified atom stereocenters. The quantitative estimate of drug-likeness (QED) is 0.893. The maximum atomic E-state index is 6.06. The molecule has 0 amide bonds. The van der Waals surface area contributed by atoms with Gasteiger partial charge in [-0.15, -0.1) is 0 Å². The van der Waals surface area contributed by atoms with E-state index in [9.17, 15) is 0 Å². The molecule has 0 saturated carbocycles. The molecule has 0 spiro atoms. The highest BCUT2D eigenvalue weighted by Gasteiger charge is 2.32. The first-order valence-corrected chi connectivity index (χ1v) is 6.50. The van der Waals surface area contributed by atoms with Crippen LogP contribution in [-0.2, 0) is 4.74 Å². The zero-order valence-corrected chi connectivity index (χ0v) is 11.3. The van der Waals surface area contributed by atoms with Crippen LogP contribution in [-0.4, -0.2) is 25.8 Å². The third-order valence-electron chi connectivity index (χ3n) is 3.52. The van der Waals surface area contributed by atoms with Gasteiger partial charge in [-0.1, -0.05) is 23.7 Å². The predicted molar refractivity (Wildman–Crippen MR) is 71.7 cm³/mol. The van der Waals surface area contributed by atoms with Gasteiger partial charge in [0.1, 0.15) is 0 Å². The lowest BCUT2D eigenvalue weighted by molar-refractivity contribution is 0.0946. The molecule has 1 heterocycles. The zero-order chi connectivity index (χ0) is 12.3. The van der Waals surface area contributed by atoms with Crippen LogP contribution in [0.5, 0.6) is 0 Å². The molecule has 1 saturated heterocycles. The summed E-state index contributed by atoms with van der Waals surface area (Å²) in [6.07, 6.45) is 2.26. The van der Waals surface area contributed by atoms with Crippen LogP contribution in [0.1, 0.15) is 31.2 Å². The van der Waals surface area contributed by atoms with Crippen molar-refractivity contribution in [1.29, 1.82) is 0 Å². The third kappa shape index (κ3) is 3.21. The molecule has 1 aliphatic heterocycles. The van der Waals surface area contributed by atoms with E-state index < -0.39 is 0 Å². The van der Waals surface area contributed by atoms with Crippen molar-refractivity contribution in [2.75, 3.05) is 20.3 Å². The number of methoxy groups -OCH3 is 1. The van der Waals surface area contributed by atoms with Crippen LogP contribution in [0.2, 0.25) is 5.02 Å². The van der Waals surface area contributed by atoms with E-state index >= 15 is 0 Å². The van der Waals surface area contributed by atoms with Crippen molar-refractivity contribution in [2.45, 2.75) is 31.2 Å². The Morgan fingerprint density at radius 3 is 3.06 bits per heavy atom. The number of benzene rings is 1. The summed E-state index contributed by atoms with van der Waals surface area (Å²) in [5.74, 6) is 0.579. The monoisotopic (exact) mass is 253 g/mol. The van der Waals surface area contributed by atoms with Gasteiger partial charge in [-0.05, 0) is 49.9 Å². The van der Waals surface area contributed by atoms with Gasteiger partial charge in [-0.2, -0.15) is 0 Å². The molecule has 94 valence electrons. The van der Waals surface area contributed by atoms with Gasteiger partial charge in [0.25, 0.3) is 0 Å². The largest absolute Gasteiger partial charge is 0.383 e. The molecular formula is C14H20ClNO. The van der Waals surface area contributed by atoms with Gasteiger partial charge < -0.3 is 10.1 Å². The number of nitrogens with one attached hydrogen (secondary N) is 1. The summed E-state index contributed by atoms with van der Waals surface area (Å²) in [7, 11) is 1.76. The molecule has 1 fully saturated rings. The first-order valence-electron chi connectivity index (χ1n) is 6.12. The lowest BCUT2D eigenvalue weighted by Gasteiger charge is -2.39. The Kier molecular flexibility index (Phi) is 4.08. The van der Waals surface area contributed by atoms with Gasteiger partial charge >= 0.3 is 0 Å². The SMILES string of the molecule is COCC1(C)CC(c2cccc(Cl)c2)CCN1. The van der Waals surface area contributed by atoms with Crippen LogP contribution >= 0.6 is 11.6 Å². The van der Waals surface area contributed by atoms with Crippen LogP contribution < -0.4 is 5.32 Å². The van der Waals surface area contributed by atoms with Crippen molar-refractivity contribution in [1.82, 2.24) is 5.32 Å². The minimum Gasteiger partial charge on any atom is -0.383 e. The summed E-state index contributed by atoms with van der Waals surface area (Å²) in [6, 6.07) is 8.23. The summed E-state index contributed by atoms with van der Waals surface area (Å²) in [4.78, 5) is 0. The molecule has 2 nitrogen and oxygen atoms in total. The average Bonchev–Trinajstić information content (AvgIpc) is 2.29. The van der Waals surface area contributed by atoms with Gasteiger partial charge in [0, 0.05) is 17.7 Å². The van der Waals surface area contributed by atoms with Crippen LogP contribution in [0.3, 0.4) is 0 Å². The molecule has 1 N–H and O–H groups in total. The number of ether oxygens (including phenoxy) is 1. The highest BCUT2D eigenvalue weighted by atomic mass is 35.5. The van der Waals surface area contributed by atoms with Crippen LogP contribution in [0, 0.1) is 0 Å². The molecule has 1 aromatic carbocycles. The van der Waals surface area contributed by atoms with Crippen LogP contribution in [0.4, 0.5) is 0 Å². The normalized spacial score (nSPS) is 29.2. The van der Waals surface area contributed by atoms with E-state index in [-0.39, 0.29) is 5.54 Å². The molecular weight excluding hydrogens is 234 g/mol. The van der Waals surface area contributed by atoms with E-state index in [1.807, 2.05) is 12.1 Å². The fourth-order valence-electron chi connectivity index (χ4n) is 2.74. The molecule has 2 rings (SSSR count). The number of piperidine rings is 1. The Hall–Kier alpha value is -0.570. The van der Waals surface area contributed by atoms with E-state index in [2.05, 4.69) is 24.4 Å². The Balaban J connectivity index is 2.12. The maximum absolute atomic E-state index is 6.06. The van der Waals surface area contributed by atoms with Gasteiger partial charge in [-0.3, -0.25) is 0 Å². The number of hydrogen-bond donors (Lipinski definition) is 1. The van der Waals surface area contributed by atoms with Gasteiger partial charge in [0.05, 0.1) is 6.61 Å². The molecule has 2 atom stereocenters. The first kappa shape index (κ1) is 12.9. The Morgan fingerprint density at radius 1 is 1.53 bits per heavy atom. The summed E-state index contributed by atoms with van der Waals surface area (Å²) in [5, 5.41) is 4.38. The van der Waals surface area contributed by atoms with E-state index in [0.29, 0.717) is 5.92 Å². The molecule has 0 radical (unpaired) electrons. The topological polar surface area (TPSA) is 21.3 Å². The lowest BCUT2D eigenvalue weighted by atomic mass is 9.80. The van der Waals surface area contributed by atoms with Gasteiger partial charge in [0.15, 0.2) is 0 Å². The second-order valence-corrected chi connectivity index (χ2v) is 5.60. The van der Waals surface area contributed by atoms with E-state index in [1.54, 1.807) is 7.11 Å². The second kappa shape index (κ2) is 5.38. The maximum Gasteiger partial charge on any atom is 0.0641 e. The van der Waals surface area contributed by atoms with E-state index in [1.165, 1.54) is 12.0 Å². The molecule has 3 heteroatoms. The predicted octanol–water partition coefficient (Wildman–Crippen LogP) is 3.21. The molecule has 17 heavy (non-hydrogen) atoms. The van der Waals surface area contributed by atoms with Crippen molar-refractivity contribution in [3.8, 4) is 0 Å². The van der Waals surface area contributed by atoms with Gasteiger partial charge in [-0.25, -0.2) is 0 Å². The molecule has 1 aliphatic rings. The summed E-state index contributed by atoms with van der Waals surface area (Å²) >= 11 is 6.06. The molecule has 1 aromatic rings. The van der Waals surface area contributed by atoms with Crippen LogP contribution in [0.25, 0.3) is 0 Å².